The molecule has 0 amide bonds. The first-order valence-electron chi connectivity index (χ1n) is 9.60. The largest absolute Gasteiger partial charge is 0.340 e. The van der Waals surface area contributed by atoms with Crippen LogP contribution < -0.4 is 5.32 Å². The summed E-state index contributed by atoms with van der Waals surface area (Å²) in [6.07, 6.45) is 6.70. The van der Waals surface area contributed by atoms with E-state index in [2.05, 4.69) is 44.7 Å². The summed E-state index contributed by atoms with van der Waals surface area (Å²) in [5, 5.41) is 12.0. The second kappa shape index (κ2) is 7.60. The van der Waals surface area contributed by atoms with Crippen molar-refractivity contribution in [1.29, 1.82) is 0 Å². The molecule has 0 spiro atoms. The lowest BCUT2D eigenvalue weighted by atomic mass is 9.89. The Kier molecular flexibility index (Phi) is 5.03. The molecule has 7 heteroatoms. The fourth-order valence-corrected chi connectivity index (χ4v) is 3.78. The summed E-state index contributed by atoms with van der Waals surface area (Å²) in [5.74, 6) is 2.51. The summed E-state index contributed by atoms with van der Waals surface area (Å²) in [4.78, 5) is 9.07. The molecule has 1 N–H and O–H groups in total. The highest BCUT2D eigenvalue weighted by molar-refractivity contribution is 5.55. The quantitative estimate of drug-likeness (QED) is 0.680. The van der Waals surface area contributed by atoms with E-state index < -0.39 is 0 Å². The fourth-order valence-electron chi connectivity index (χ4n) is 3.78. The molecule has 0 aliphatic heterocycles. The number of hydrogen-bond donors (Lipinski definition) is 1. The zero-order valence-electron chi connectivity index (χ0n) is 15.9. The van der Waals surface area contributed by atoms with Crippen LogP contribution in [-0.4, -0.2) is 20.3 Å². The first-order chi connectivity index (χ1) is 13.1. The highest BCUT2D eigenvalue weighted by Gasteiger charge is 2.37. The smallest absolute Gasteiger partial charge is 0.240 e. The van der Waals surface area contributed by atoms with Gasteiger partial charge in [0.15, 0.2) is 5.82 Å². The van der Waals surface area contributed by atoms with Gasteiger partial charge in [0, 0.05) is 12.5 Å². The maximum absolute atomic E-state index is 5.48. The van der Waals surface area contributed by atoms with Gasteiger partial charge in [-0.2, -0.15) is 9.97 Å². The summed E-state index contributed by atoms with van der Waals surface area (Å²) >= 11 is 0. The molecule has 142 valence electrons. The molecule has 1 aliphatic rings. The average molecular weight is 367 g/mol. The van der Waals surface area contributed by atoms with Crippen molar-refractivity contribution in [3.8, 4) is 11.4 Å². The Hall–Kier alpha value is -2.54. The molecule has 3 aromatic rings. The van der Waals surface area contributed by atoms with E-state index >= 15 is 0 Å². The third kappa shape index (κ3) is 3.93. The van der Waals surface area contributed by atoms with Gasteiger partial charge in [0.1, 0.15) is 0 Å². The van der Waals surface area contributed by atoms with E-state index in [1.54, 1.807) is 0 Å². The fraction of sp³-hybridized carbons (Fsp3) is 0.500. The first kappa shape index (κ1) is 17.9. The van der Waals surface area contributed by atoms with Crippen LogP contribution in [0.3, 0.4) is 0 Å². The van der Waals surface area contributed by atoms with E-state index in [9.17, 15) is 0 Å². The third-order valence-electron chi connectivity index (χ3n) is 5.24. The summed E-state index contributed by atoms with van der Waals surface area (Å²) in [7, 11) is 0. The molecule has 4 rings (SSSR count). The highest BCUT2D eigenvalue weighted by Crippen LogP contribution is 2.35. The molecule has 1 saturated carbocycles. The van der Waals surface area contributed by atoms with Crippen LogP contribution in [0.1, 0.15) is 61.7 Å². The minimum Gasteiger partial charge on any atom is -0.340 e. The van der Waals surface area contributed by atoms with Crippen molar-refractivity contribution < 1.29 is 9.05 Å². The van der Waals surface area contributed by atoms with E-state index in [-0.39, 0.29) is 5.54 Å². The maximum Gasteiger partial charge on any atom is 0.240 e. The van der Waals surface area contributed by atoms with E-state index in [4.69, 9.17) is 9.05 Å². The molecule has 0 bridgehead atoms. The van der Waals surface area contributed by atoms with Gasteiger partial charge in [0.2, 0.25) is 17.6 Å². The minimum absolute atomic E-state index is 0.299. The van der Waals surface area contributed by atoms with Crippen molar-refractivity contribution in [3.63, 3.8) is 0 Å². The molecule has 27 heavy (non-hydrogen) atoms. The van der Waals surface area contributed by atoms with Crippen LogP contribution in [0.15, 0.2) is 33.3 Å². The van der Waals surface area contributed by atoms with Gasteiger partial charge in [-0.15, -0.1) is 0 Å². The predicted molar refractivity (Wildman–Crippen MR) is 99.7 cm³/mol. The van der Waals surface area contributed by atoms with Crippen molar-refractivity contribution in [3.05, 3.63) is 47.4 Å². The number of hydrogen-bond acceptors (Lipinski definition) is 7. The van der Waals surface area contributed by atoms with Crippen molar-refractivity contribution in [2.75, 3.05) is 0 Å². The summed E-state index contributed by atoms with van der Waals surface area (Å²) in [5.41, 5.74) is 1.83. The van der Waals surface area contributed by atoms with Gasteiger partial charge in [-0.05, 0) is 25.8 Å². The lowest BCUT2D eigenvalue weighted by Crippen LogP contribution is -2.42. The minimum atomic E-state index is -0.299. The average Bonchev–Trinajstić information content (AvgIpc) is 3.25. The molecule has 0 unspecified atom stereocenters. The van der Waals surface area contributed by atoms with Gasteiger partial charge in [-0.1, -0.05) is 59.8 Å². The van der Waals surface area contributed by atoms with E-state index in [1.165, 1.54) is 18.4 Å². The number of rotatable bonds is 5. The molecule has 2 aromatic heterocycles. The van der Waals surface area contributed by atoms with Crippen LogP contribution in [0, 0.1) is 13.8 Å². The Bertz CT molecular complexity index is 893. The van der Waals surface area contributed by atoms with Crippen LogP contribution >= 0.6 is 0 Å². The molecule has 7 nitrogen and oxygen atoms in total. The molecule has 1 aromatic carbocycles. The van der Waals surface area contributed by atoms with Crippen LogP contribution in [0.25, 0.3) is 11.4 Å². The number of aryl methyl sites for hydroxylation is 2. The van der Waals surface area contributed by atoms with Crippen LogP contribution in [-0.2, 0) is 12.1 Å². The van der Waals surface area contributed by atoms with Crippen molar-refractivity contribution in [1.82, 2.24) is 25.6 Å². The lowest BCUT2D eigenvalue weighted by Gasteiger charge is -2.30. The highest BCUT2D eigenvalue weighted by atomic mass is 16.5. The van der Waals surface area contributed by atoms with Gasteiger partial charge in [-0.3, -0.25) is 5.32 Å². The SMILES string of the molecule is Cc1cccc(-c2noc(CNC3(c4noc(C)n4)CCCCCC3)n2)c1. The normalized spacial score (nSPS) is 17.0. The van der Waals surface area contributed by atoms with E-state index in [0.717, 1.165) is 37.1 Å². The Morgan fingerprint density at radius 1 is 1.00 bits per heavy atom. The Labute approximate surface area is 158 Å². The van der Waals surface area contributed by atoms with Crippen LogP contribution in [0.4, 0.5) is 0 Å². The lowest BCUT2D eigenvalue weighted by molar-refractivity contribution is 0.242. The first-order valence-corrected chi connectivity index (χ1v) is 9.60. The Morgan fingerprint density at radius 3 is 2.52 bits per heavy atom. The third-order valence-corrected chi connectivity index (χ3v) is 5.24. The molecular formula is C20H25N5O2. The Balaban J connectivity index is 1.53. The number of nitrogens with zero attached hydrogens (tertiary/aromatic N) is 4. The van der Waals surface area contributed by atoms with Gasteiger partial charge in [0.05, 0.1) is 12.1 Å². The van der Waals surface area contributed by atoms with Crippen molar-refractivity contribution >= 4 is 0 Å². The maximum atomic E-state index is 5.48. The van der Waals surface area contributed by atoms with Crippen LogP contribution in [0.2, 0.25) is 0 Å². The predicted octanol–water partition coefficient (Wildman–Crippen LogP) is 4.08. The second-order valence-electron chi connectivity index (χ2n) is 7.37. The summed E-state index contributed by atoms with van der Waals surface area (Å²) in [6, 6.07) is 8.09. The molecule has 2 heterocycles. The zero-order valence-corrected chi connectivity index (χ0v) is 15.9. The van der Waals surface area contributed by atoms with Crippen LogP contribution in [0.5, 0.6) is 0 Å². The summed E-state index contributed by atoms with van der Waals surface area (Å²) < 4.78 is 10.7. The zero-order chi connectivity index (χ0) is 18.7. The molecule has 0 radical (unpaired) electrons. The van der Waals surface area contributed by atoms with Gasteiger partial charge < -0.3 is 9.05 Å². The number of aromatic nitrogens is 4. The van der Waals surface area contributed by atoms with Gasteiger partial charge >= 0.3 is 0 Å². The molecule has 1 aliphatic carbocycles. The van der Waals surface area contributed by atoms with E-state index in [0.29, 0.717) is 24.2 Å². The second-order valence-corrected chi connectivity index (χ2v) is 7.37. The molecule has 0 saturated heterocycles. The summed E-state index contributed by atoms with van der Waals surface area (Å²) in [6.45, 7) is 4.36. The van der Waals surface area contributed by atoms with Gasteiger partial charge in [-0.25, -0.2) is 0 Å². The standard InChI is InChI=1S/C20H25N5O2/c1-14-8-7-9-16(12-14)18-23-17(27-24-18)13-21-20(10-5-3-4-6-11-20)19-22-15(2)26-25-19/h7-9,12,21H,3-6,10-11,13H2,1-2H3. The van der Waals surface area contributed by atoms with Crippen molar-refractivity contribution in [2.24, 2.45) is 0 Å². The van der Waals surface area contributed by atoms with Crippen molar-refractivity contribution in [2.45, 2.75) is 64.5 Å². The van der Waals surface area contributed by atoms with E-state index in [1.807, 2.05) is 19.1 Å². The Morgan fingerprint density at radius 2 is 1.81 bits per heavy atom. The molecular weight excluding hydrogens is 342 g/mol. The monoisotopic (exact) mass is 367 g/mol. The topological polar surface area (TPSA) is 89.9 Å². The number of benzene rings is 1. The number of nitrogens with one attached hydrogen (secondary N) is 1. The molecule has 0 atom stereocenters. The van der Waals surface area contributed by atoms with Gasteiger partial charge in [0.25, 0.3) is 0 Å². The molecule has 1 fully saturated rings.